The third-order valence-electron chi connectivity index (χ3n) is 6.39. The molecule has 7 heteroatoms. The van der Waals surface area contributed by atoms with Crippen LogP contribution >= 0.6 is 0 Å². The second kappa shape index (κ2) is 10.6. The highest BCUT2D eigenvalue weighted by molar-refractivity contribution is 5.73. The van der Waals surface area contributed by atoms with E-state index in [9.17, 15) is 4.79 Å². The van der Waals surface area contributed by atoms with Gasteiger partial charge in [0.05, 0.1) is 5.69 Å². The smallest absolute Gasteiger partial charge is 0.408 e. The Bertz CT molecular complexity index is 945. The number of carbonyl (C=O) groups excluding carboxylic acids is 1. The van der Waals surface area contributed by atoms with Gasteiger partial charge in [0.1, 0.15) is 11.4 Å². The fourth-order valence-electron chi connectivity index (χ4n) is 4.53. The van der Waals surface area contributed by atoms with Crippen LogP contribution in [0.3, 0.4) is 0 Å². The fourth-order valence-corrected chi connectivity index (χ4v) is 4.53. The summed E-state index contributed by atoms with van der Waals surface area (Å²) in [6.07, 6.45) is 6.96. The number of nitrogen functional groups attached to an aromatic ring is 1. The molecule has 170 valence electrons. The molecular formula is C25H33N5O2. The first-order valence-corrected chi connectivity index (χ1v) is 11.7. The molecule has 7 nitrogen and oxygen atoms in total. The van der Waals surface area contributed by atoms with E-state index in [-0.39, 0.29) is 6.09 Å². The number of hydrogen-bond donors (Lipinski definition) is 1. The number of amides is 1. The van der Waals surface area contributed by atoms with Crippen molar-refractivity contribution in [2.75, 3.05) is 31.9 Å². The molecule has 0 bridgehead atoms. The van der Waals surface area contributed by atoms with Crippen molar-refractivity contribution < 1.29 is 9.53 Å². The van der Waals surface area contributed by atoms with Crippen LogP contribution in [0.25, 0.3) is 0 Å². The fraction of sp³-hybridized carbons (Fsp3) is 0.480. The van der Waals surface area contributed by atoms with Crippen LogP contribution in [-0.4, -0.2) is 48.1 Å². The number of carbonyl (C=O) groups is 1. The van der Waals surface area contributed by atoms with E-state index in [1.165, 1.54) is 38.8 Å². The monoisotopic (exact) mass is 435 g/mol. The SMILES string of the molecule is Cc1ccc(/N=N/c2ccccc2OC(=O)N2CCC(N3CCCCCC3)CC2)c(N)c1. The minimum atomic E-state index is -0.322. The van der Waals surface area contributed by atoms with Gasteiger partial charge in [-0.2, -0.15) is 0 Å². The molecule has 2 saturated heterocycles. The van der Waals surface area contributed by atoms with Gasteiger partial charge in [-0.15, -0.1) is 10.2 Å². The molecule has 2 aromatic carbocycles. The molecule has 0 aromatic heterocycles. The molecule has 4 rings (SSSR count). The molecule has 2 aromatic rings. The molecule has 0 aliphatic carbocycles. The van der Waals surface area contributed by atoms with Crippen LogP contribution in [0.2, 0.25) is 0 Å². The molecule has 2 N–H and O–H groups in total. The Labute approximate surface area is 190 Å². The van der Waals surface area contributed by atoms with Crippen molar-refractivity contribution in [1.82, 2.24) is 9.80 Å². The zero-order valence-corrected chi connectivity index (χ0v) is 18.9. The number of rotatable bonds is 4. The number of aryl methyl sites for hydroxylation is 1. The van der Waals surface area contributed by atoms with E-state index < -0.39 is 0 Å². The number of benzene rings is 2. The summed E-state index contributed by atoms with van der Waals surface area (Å²) in [6, 6.07) is 13.4. The van der Waals surface area contributed by atoms with Gasteiger partial charge in [0.15, 0.2) is 5.75 Å². The topological polar surface area (TPSA) is 83.5 Å². The predicted octanol–water partition coefficient (Wildman–Crippen LogP) is 5.83. The maximum Gasteiger partial charge on any atom is 0.415 e. The summed E-state index contributed by atoms with van der Waals surface area (Å²) in [5.41, 5.74) is 8.75. The molecule has 2 aliphatic rings. The van der Waals surface area contributed by atoms with Gasteiger partial charge in [-0.25, -0.2) is 4.79 Å². The number of anilines is 1. The van der Waals surface area contributed by atoms with E-state index in [0.717, 1.165) is 31.5 Å². The number of hydrogen-bond acceptors (Lipinski definition) is 6. The lowest BCUT2D eigenvalue weighted by Crippen LogP contribution is -2.47. The van der Waals surface area contributed by atoms with Crippen LogP contribution in [0.1, 0.15) is 44.1 Å². The lowest BCUT2D eigenvalue weighted by molar-refractivity contribution is 0.100. The summed E-state index contributed by atoms with van der Waals surface area (Å²) in [7, 11) is 0. The Balaban J connectivity index is 1.36. The first-order valence-electron chi connectivity index (χ1n) is 11.7. The Hall–Kier alpha value is -2.93. The number of para-hydroxylation sites is 1. The van der Waals surface area contributed by atoms with Gasteiger partial charge >= 0.3 is 6.09 Å². The second-order valence-corrected chi connectivity index (χ2v) is 8.77. The van der Waals surface area contributed by atoms with E-state index in [1.54, 1.807) is 17.0 Å². The van der Waals surface area contributed by atoms with Crippen LogP contribution in [-0.2, 0) is 0 Å². The molecule has 2 aliphatic heterocycles. The number of ether oxygens (including phenoxy) is 1. The predicted molar refractivity (Wildman–Crippen MR) is 127 cm³/mol. The van der Waals surface area contributed by atoms with Gasteiger partial charge in [0.2, 0.25) is 0 Å². The third kappa shape index (κ3) is 5.65. The molecule has 32 heavy (non-hydrogen) atoms. The number of likely N-dealkylation sites (tertiary alicyclic amines) is 2. The Morgan fingerprint density at radius 3 is 2.34 bits per heavy atom. The minimum Gasteiger partial charge on any atom is -0.408 e. The van der Waals surface area contributed by atoms with Crippen LogP contribution < -0.4 is 10.5 Å². The third-order valence-corrected chi connectivity index (χ3v) is 6.39. The summed E-state index contributed by atoms with van der Waals surface area (Å²) in [5, 5.41) is 8.55. The molecule has 2 fully saturated rings. The van der Waals surface area contributed by atoms with Gasteiger partial charge in [0, 0.05) is 19.1 Å². The zero-order valence-electron chi connectivity index (χ0n) is 18.9. The van der Waals surface area contributed by atoms with Crippen LogP contribution in [0, 0.1) is 6.92 Å². The van der Waals surface area contributed by atoms with Crippen molar-refractivity contribution in [3.8, 4) is 5.75 Å². The highest BCUT2D eigenvalue weighted by Gasteiger charge is 2.28. The van der Waals surface area contributed by atoms with E-state index in [2.05, 4.69) is 15.1 Å². The van der Waals surface area contributed by atoms with Crippen LogP contribution in [0.4, 0.5) is 21.9 Å². The lowest BCUT2D eigenvalue weighted by Gasteiger charge is -2.37. The molecule has 0 radical (unpaired) electrons. The summed E-state index contributed by atoms with van der Waals surface area (Å²) in [6.45, 7) is 5.81. The number of azo groups is 1. The van der Waals surface area contributed by atoms with E-state index >= 15 is 0 Å². The molecule has 0 unspecified atom stereocenters. The Morgan fingerprint density at radius 1 is 0.938 bits per heavy atom. The van der Waals surface area contributed by atoms with Gasteiger partial charge in [-0.1, -0.05) is 31.0 Å². The van der Waals surface area contributed by atoms with Crippen molar-refractivity contribution >= 4 is 23.2 Å². The van der Waals surface area contributed by atoms with Crippen LogP contribution in [0.5, 0.6) is 5.75 Å². The first-order chi connectivity index (χ1) is 15.6. The molecular weight excluding hydrogens is 402 g/mol. The van der Waals surface area contributed by atoms with E-state index in [4.69, 9.17) is 10.5 Å². The quantitative estimate of drug-likeness (QED) is 0.484. The Morgan fingerprint density at radius 2 is 1.62 bits per heavy atom. The van der Waals surface area contributed by atoms with Gasteiger partial charge in [0.25, 0.3) is 0 Å². The van der Waals surface area contributed by atoms with Crippen LogP contribution in [0.15, 0.2) is 52.7 Å². The van der Waals surface area contributed by atoms with Crippen molar-refractivity contribution in [2.24, 2.45) is 10.2 Å². The summed E-state index contributed by atoms with van der Waals surface area (Å²) in [4.78, 5) is 17.3. The Kier molecular flexibility index (Phi) is 7.37. The lowest BCUT2D eigenvalue weighted by atomic mass is 10.0. The molecule has 0 atom stereocenters. The van der Waals surface area contributed by atoms with E-state index in [1.807, 2.05) is 37.3 Å². The minimum absolute atomic E-state index is 0.322. The highest BCUT2D eigenvalue weighted by Crippen LogP contribution is 2.31. The second-order valence-electron chi connectivity index (χ2n) is 8.77. The van der Waals surface area contributed by atoms with Crippen molar-refractivity contribution in [1.29, 1.82) is 0 Å². The first kappa shape index (κ1) is 22.3. The van der Waals surface area contributed by atoms with E-state index in [0.29, 0.717) is 28.9 Å². The maximum atomic E-state index is 12.8. The summed E-state index contributed by atoms with van der Waals surface area (Å²) in [5.74, 6) is 0.404. The van der Waals surface area contributed by atoms with Crippen molar-refractivity contribution in [3.63, 3.8) is 0 Å². The number of piperidine rings is 1. The average molecular weight is 436 g/mol. The summed E-state index contributed by atoms with van der Waals surface area (Å²) >= 11 is 0. The number of nitrogens with zero attached hydrogens (tertiary/aromatic N) is 4. The van der Waals surface area contributed by atoms with Gasteiger partial charge in [-0.3, -0.25) is 0 Å². The summed E-state index contributed by atoms with van der Waals surface area (Å²) < 4.78 is 5.71. The standard InChI is InChI=1S/C25H33N5O2/c1-19-10-11-22(21(26)18-19)27-28-23-8-4-5-9-24(23)32-25(31)30-16-12-20(13-17-30)29-14-6-2-3-7-15-29/h4-5,8-11,18,20H,2-3,6-7,12-17,26H2,1H3/b28-27+. The van der Waals surface area contributed by atoms with Gasteiger partial charge in [-0.05, 0) is 75.5 Å². The van der Waals surface area contributed by atoms with Gasteiger partial charge < -0.3 is 20.3 Å². The van der Waals surface area contributed by atoms with Crippen molar-refractivity contribution in [3.05, 3.63) is 48.0 Å². The maximum absolute atomic E-state index is 12.8. The molecule has 0 spiro atoms. The largest absolute Gasteiger partial charge is 0.415 e. The highest BCUT2D eigenvalue weighted by atomic mass is 16.6. The van der Waals surface area contributed by atoms with Crippen molar-refractivity contribution in [2.45, 2.75) is 51.5 Å². The average Bonchev–Trinajstić information content (AvgIpc) is 3.09. The normalized spacial score (nSPS) is 18.6. The zero-order chi connectivity index (χ0) is 22.3. The number of nitrogens with two attached hydrogens (primary N) is 1. The molecule has 0 saturated carbocycles. The molecule has 2 heterocycles. The molecule has 1 amide bonds.